The molecule has 0 aliphatic rings. The third-order valence-corrected chi connectivity index (χ3v) is 4.32. The van der Waals surface area contributed by atoms with Gasteiger partial charge in [0.25, 0.3) is 0 Å². The third kappa shape index (κ3) is 5.53. The number of amides is 2. The van der Waals surface area contributed by atoms with Gasteiger partial charge in [-0.3, -0.25) is 9.59 Å². The van der Waals surface area contributed by atoms with E-state index in [1.165, 1.54) is 0 Å². The molecule has 2 aromatic rings. The average Bonchev–Trinajstić information content (AvgIpc) is 2.55. The molecule has 2 rings (SSSR count). The first kappa shape index (κ1) is 17.2. The van der Waals surface area contributed by atoms with Crippen molar-refractivity contribution < 1.29 is 9.59 Å². The van der Waals surface area contributed by atoms with Crippen molar-refractivity contribution in [2.75, 3.05) is 0 Å². The van der Waals surface area contributed by atoms with E-state index in [9.17, 15) is 9.59 Å². The second kappa shape index (κ2) is 8.48. The number of rotatable bonds is 7. The van der Waals surface area contributed by atoms with Crippen LogP contribution in [0.3, 0.4) is 0 Å². The van der Waals surface area contributed by atoms with Crippen LogP contribution in [-0.2, 0) is 22.4 Å². The molecule has 0 fully saturated rings. The molecule has 0 saturated heterocycles. The first-order valence-corrected chi connectivity index (χ1v) is 8.21. The maximum atomic E-state index is 12.1. The third-order valence-electron chi connectivity index (χ3n) is 3.54. The van der Waals surface area contributed by atoms with E-state index in [1.54, 1.807) is 0 Å². The van der Waals surface area contributed by atoms with Crippen LogP contribution in [0.5, 0.6) is 0 Å². The highest BCUT2D eigenvalue weighted by molar-refractivity contribution is 9.10. The summed E-state index contributed by atoms with van der Waals surface area (Å²) in [7, 11) is 0. The lowest BCUT2D eigenvalue weighted by Crippen LogP contribution is -2.46. The Bertz CT molecular complexity index is 674. The van der Waals surface area contributed by atoms with Gasteiger partial charge in [0.15, 0.2) is 0 Å². The maximum Gasteiger partial charge on any atom is 0.240 e. The Labute approximate surface area is 144 Å². The molecule has 0 aromatic heterocycles. The standard InChI is InChI=1S/C18H19BrN2O2/c19-15-9-5-4-8-14(15)12-16(18(20)23)21-17(22)11-10-13-6-2-1-3-7-13/h1-9,16H,10-12H2,(H2,20,23)(H,21,22)/t16-/m0/s1. The topological polar surface area (TPSA) is 72.2 Å². The number of nitrogens with two attached hydrogens (primary N) is 1. The summed E-state index contributed by atoms with van der Waals surface area (Å²) in [4.78, 5) is 23.7. The highest BCUT2D eigenvalue weighted by Gasteiger charge is 2.19. The summed E-state index contributed by atoms with van der Waals surface area (Å²) in [5.41, 5.74) is 7.44. The van der Waals surface area contributed by atoms with E-state index in [0.717, 1.165) is 15.6 Å². The molecule has 0 spiro atoms. The number of hydrogen-bond donors (Lipinski definition) is 2. The van der Waals surface area contributed by atoms with Gasteiger partial charge in [0.05, 0.1) is 0 Å². The molecule has 0 saturated carbocycles. The molecule has 23 heavy (non-hydrogen) atoms. The molecule has 0 unspecified atom stereocenters. The molecule has 0 aliphatic carbocycles. The molecular weight excluding hydrogens is 356 g/mol. The van der Waals surface area contributed by atoms with E-state index in [4.69, 9.17) is 5.73 Å². The van der Waals surface area contributed by atoms with Gasteiger partial charge in [-0.15, -0.1) is 0 Å². The van der Waals surface area contributed by atoms with Crippen molar-refractivity contribution in [3.8, 4) is 0 Å². The van der Waals surface area contributed by atoms with Crippen molar-refractivity contribution in [1.82, 2.24) is 5.32 Å². The lowest BCUT2D eigenvalue weighted by molar-refractivity contribution is -0.127. The summed E-state index contributed by atoms with van der Waals surface area (Å²) >= 11 is 3.44. The van der Waals surface area contributed by atoms with Crippen LogP contribution in [0.25, 0.3) is 0 Å². The van der Waals surface area contributed by atoms with Crippen LogP contribution in [0.4, 0.5) is 0 Å². The van der Waals surface area contributed by atoms with E-state index >= 15 is 0 Å². The second-order valence-corrected chi connectivity index (χ2v) is 6.16. The van der Waals surface area contributed by atoms with Crippen molar-refractivity contribution in [1.29, 1.82) is 0 Å². The molecule has 4 nitrogen and oxygen atoms in total. The van der Waals surface area contributed by atoms with Gasteiger partial charge in [-0.05, 0) is 23.6 Å². The number of aryl methyl sites for hydroxylation is 1. The number of primary amides is 1. The van der Waals surface area contributed by atoms with E-state index in [-0.39, 0.29) is 5.91 Å². The Kier molecular flexibility index (Phi) is 6.35. The van der Waals surface area contributed by atoms with Gasteiger partial charge in [-0.25, -0.2) is 0 Å². The molecule has 0 radical (unpaired) electrons. The number of halogens is 1. The predicted octanol–water partition coefficient (Wildman–Crippen LogP) is 2.59. The van der Waals surface area contributed by atoms with Gasteiger partial charge in [0.1, 0.15) is 6.04 Å². The number of nitrogens with one attached hydrogen (secondary N) is 1. The molecule has 0 bridgehead atoms. The Hall–Kier alpha value is -2.14. The van der Waals surface area contributed by atoms with Crippen LogP contribution in [0.1, 0.15) is 17.5 Å². The van der Waals surface area contributed by atoms with Crippen LogP contribution < -0.4 is 11.1 Å². The molecule has 3 N–H and O–H groups in total. The van der Waals surface area contributed by atoms with Gasteiger partial charge < -0.3 is 11.1 Å². The van der Waals surface area contributed by atoms with E-state index in [1.807, 2.05) is 54.6 Å². The fourth-order valence-electron chi connectivity index (χ4n) is 2.28. The van der Waals surface area contributed by atoms with Gasteiger partial charge in [0.2, 0.25) is 11.8 Å². The predicted molar refractivity (Wildman–Crippen MR) is 93.7 cm³/mol. The number of carbonyl (C=O) groups is 2. The summed E-state index contributed by atoms with van der Waals surface area (Å²) in [6.45, 7) is 0. The molecule has 2 amide bonds. The lowest BCUT2D eigenvalue weighted by atomic mass is 10.0. The van der Waals surface area contributed by atoms with E-state index < -0.39 is 11.9 Å². The quantitative estimate of drug-likeness (QED) is 0.781. The first-order valence-electron chi connectivity index (χ1n) is 7.42. The number of benzene rings is 2. The molecule has 2 aromatic carbocycles. The molecule has 120 valence electrons. The Balaban J connectivity index is 1.92. The van der Waals surface area contributed by atoms with Crippen molar-refractivity contribution in [2.24, 2.45) is 5.73 Å². The fourth-order valence-corrected chi connectivity index (χ4v) is 2.72. The monoisotopic (exact) mass is 374 g/mol. The van der Waals surface area contributed by atoms with Crippen LogP contribution in [0.2, 0.25) is 0 Å². The van der Waals surface area contributed by atoms with Crippen molar-refractivity contribution in [3.63, 3.8) is 0 Å². The van der Waals surface area contributed by atoms with Gasteiger partial charge in [0, 0.05) is 17.3 Å². The Morgan fingerprint density at radius 3 is 2.35 bits per heavy atom. The summed E-state index contributed by atoms with van der Waals surface area (Å²) < 4.78 is 0.893. The maximum absolute atomic E-state index is 12.1. The second-order valence-electron chi connectivity index (χ2n) is 5.30. The first-order chi connectivity index (χ1) is 11.1. The van der Waals surface area contributed by atoms with E-state index in [0.29, 0.717) is 19.3 Å². The molecule has 0 aliphatic heterocycles. The Morgan fingerprint density at radius 1 is 1.04 bits per heavy atom. The van der Waals surface area contributed by atoms with Crippen molar-refractivity contribution in [2.45, 2.75) is 25.3 Å². The summed E-state index contributed by atoms with van der Waals surface area (Å²) in [5, 5.41) is 2.73. The van der Waals surface area contributed by atoms with Crippen LogP contribution >= 0.6 is 15.9 Å². The minimum absolute atomic E-state index is 0.176. The van der Waals surface area contributed by atoms with Gasteiger partial charge in [-0.2, -0.15) is 0 Å². The summed E-state index contributed by atoms with van der Waals surface area (Å²) in [6, 6.07) is 16.6. The van der Waals surface area contributed by atoms with Crippen molar-refractivity contribution >= 4 is 27.7 Å². The minimum Gasteiger partial charge on any atom is -0.368 e. The lowest BCUT2D eigenvalue weighted by Gasteiger charge is -2.16. The highest BCUT2D eigenvalue weighted by Crippen LogP contribution is 2.17. The zero-order chi connectivity index (χ0) is 16.7. The minimum atomic E-state index is -0.711. The molecule has 5 heteroatoms. The van der Waals surface area contributed by atoms with Crippen LogP contribution in [0.15, 0.2) is 59.1 Å². The highest BCUT2D eigenvalue weighted by atomic mass is 79.9. The largest absolute Gasteiger partial charge is 0.368 e. The summed E-state index contributed by atoms with van der Waals surface area (Å²) in [6.07, 6.45) is 1.32. The zero-order valence-electron chi connectivity index (χ0n) is 12.7. The molecule has 0 heterocycles. The molecular formula is C18H19BrN2O2. The zero-order valence-corrected chi connectivity index (χ0v) is 14.3. The van der Waals surface area contributed by atoms with Gasteiger partial charge in [-0.1, -0.05) is 64.5 Å². The van der Waals surface area contributed by atoms with E-state index in [2.05, 4.69) is 21.2 Å². The van der Waals surface area contributed by atoms with Gasteiger partial charge >= 0.3 is 0 Å². The smallest absolute Gasteiger partial charge is 0.240 e. The number of carbonyl (C=O) groups excluding carboxylic acids is 2. The van der Waals surface area contributed by atoms with Crippen LogP contribution in [-0.4, -0.2) is 17.9 Å². The molecule has 1 atom stereocenters. The Morgan fingerprint density at radius 2 is 1.70 bits per heavy atom. The SMILES string of the molecule is NC(=O)[C@H](Cc1ccccc1Br)NC(=O)CCc1ccccc1. The normalized spacial score (nSPS) is 11.7. The number of hydrogen-bond acceptors (Lipinski definition) is 2. The fraction of sp³-hybridized carbons (Fsp3) is 0.222. The average molecular weight is 375 g/mol. The summed E-state index contributed by atoms with van der Waals surface area (Å²) in [5.74, 6) is -0.710. The van der Waals surface area contributed by atoms with Crippen molar-refractivity contribution in [3.05, 3.63) is 70.2 Å². The van der Waals surface area contributed by atoms with Crippen LogP contribution in [0, 0.1) is 0 Å².